The zero-order valence-electron chi connectivity index (χ0n) is 11.6. The number of amides is 2. The highest BCUT2D eigenvalue weighted by atomic mass is 79.9. The van der Waals surface area contributed by atoms with Crippen LogP contribution < -0.4 is 5.32 Å². The maximum Gasteiger partial charge on any atom is 0.323 e. The fourth-order valence-corrected chi connectivity index (χ4v) is 3.99. The summed E-state index contributed by atoms with van der Waals surface area (Å²) < 4.78 is 14.2. The molecule has 1 aliphatic rings. The Kier molecular flexibility index (Phi) is 4.69. The molecule has 1 heterocycles. The van der Waals surface area contributed by atoms with Crippen LogP contribution in [0, 0.1) is 5.82 Å². The van der Waals surface area contributed by atoms with Gasteiger partial charge in [-0.2, -0.15) is 0 Å². The molecule has 22 heavy (non-hydrogen) atoms. The lowest BCUT2D eigenvalue weighted by molar-refractivity contribution is 0.214. The van der Waals surface area contributed by atoms with Crippen molar-refractivity contribution in [2.75, 3.05) is 17.6 Å². The summed E-state index contributed by atoms with van der Waals surface area (Å²) in [5.41, 5.74) is 1.53. The molecule has 1 aliphatic heterocycles. The van der Waals surface area contributed by atoms with E-state index in [1.54, 1.807) is 22.7 Å². The largest absolute Gasteiger partial charge is 0.323 e. The number of carbonyl (C=O) groups is 1. The molecule has 2 aromatic carbocycles. The zero-order chi connectivity index (χ0) is 15.5. The summed E-state index contributed by atoms with van der Waals surface area (Å²) in [4.78, 5) is 14.3. The molecule has 6 heteroatoms. The van der Waals surface area contributed by atoms with Crippen LogP contribution in [0.2, 0.25) is 0 Å². The molecule has 0 aromatic heterocycles. The summed E-state index contributed by atoms with van der Waals surface area (Å²) in [6.07, 6.45) is 0. The third-order valence-electron chi connectivity index (χ3n) is 3.40. The van der Waals surface area contributed by atoms with E-state index in [2.05, 4.69) is 21.2 Å². The molecule has 1 fully saturated rings. The van der Waals surface area contributed by atoms with Gasteiger partial charge in [0.15, 0.2) is 0 Å². The van der Waals surface area contributed by atoms with Gasteiger partial charge in [0.25, 0.3) is 0 Å². The Balaban J connectivity index is 1.78. The van der Waals surface area contributed by atoms with Gasteiger partial charge in [-0.25, -0.2) is 9.18 Å². The van der Waals surface area contributed by atoms with E-state index in [9.17, 15) is 9.18 Å². The van der Waals surface area contributed by atoms with E-state index in [1.807, 2.05) is 30.3 Å². The third kappa shape index (κ3) is 3.28. The first-order chi connectivity index (χ1) is 10.6. The second-order valence-electron chi connectivity index (χ2n) is 4.88. The molecule has 3 nitrogen and oxygen atoms in total. The molecule has 0 aliphatic carbocycles. The second-order valence-corrected chi connectivity index (χ2v) is 6.92. The fourth-order valence-electron chi connectivity index (χ4n) is 2.36. The number of nitrogens with zero attached hydrogens (tertiary/aromatic N) is 1. The Bertz CT molecular complexity index is 697. The second kappa shape index (κ2) is 6.71. The first kappa shape index (κ1) is 15.4. The molecule has 1 unspecified atom stereocenters. The van der Waals surface area contributed by atoms with Crippen molar-refractivity contribution in [1.82, 2.24) is 4.90 Å². The van der Waals surface area contributed by atoms with Gasteiger partial charge in [0.2, 0.25) is 0 Å². The van der Waals surface area contributed by atoms with E-state index in [0.717, 1.165) is 21.5 Å². The Hall–Kier alpha value is -1.53. The number of nitrogens with one attached hydrogen (secondary N) is 1. The number of carbonyl (C=O) groups excluding carboxylic acids is 1. The fraction of sp³-hybridized carbons (Fsp3) is 0.188. The van der Waals surface area contributed by atoms with E-state index >= 15 is 0 Å². The predicted octanol–water partition coefficient (Wildman–Crippen LogP) is 4.87. The van der Waals surface area contributed by atoms with Crippen LogP contribution in [0.15, 0.2) is 53.0 Å². The molecule has 2 amide bonds. The maximum atomic E-state index is 13.4. The molecule has 0 radical (unpaired) electrons. The molecule has 3 rings (SSSR count). The number of urea groups is 1. The summed E-state index contributed by atoms with van der Waals surface area (Å²) in [5, 5.41) is 2.75. The molecule has 114 valence electrons. The van der Waals surface area contributed by atoms with E-state index in [1.165, 1.54) is 12.1 Å². The van der Waals surface area contributed by atoms with E-state index < -0.39 is 0 Å². The Morgan fingerprint density at radius 3 is 2.86 bits per heavy atom. The molecular weight excluding hydrogens is 367 g/mol. The minimum absolute atomic E-state index is 0.154. The van der Waals surface area contributed by atoms with Crippen LogP contribution in [0.3, 0.4) is 0 Å². The lowest BCUT2D eigenvalue weighted by Crippen LogP contribution is -2.34. The summed E-state index contributed by atoms with van der Waals surface area (Å²) >= 11 is 5.06. The normalized spacial score (nSPS) is 17.5. The van der Waals surface area contributed by atoms with Gasteiger partial charge in [-0.3, -0.25) is 0 Å². The van der Waals surface area contributed by atoms with Gasteiger partial charge in [0.1, 0.15) is 11.2 Å². The van der Waals surface area contributed by atoms with Crippen molar-refractivity contribution in [2.45, 2.75) is 5.37 Å². The first-order valence-corrected chi connectivity index (χ1v) is 8.68. The molecule has 0 spiro atoms. The van der Waals surface area contributed by atoms with Crippen LogP contribution in [-0.2, 0) is 0 Å². The minimum atomic E-state index is -0.281. The average molecular weight is 381 g/mol. The summed E-state index contributed by atoms with van der Waals surface area (Å²) in [5.74, 6) is 0.557. The quantitative estimate of drug-likeness (QED) is 0.805. The van der Waals surface area contributed by atoms with Crippen molar-refractivity contribution in [1.29, 1.82) is 0 Å². The van der Waals surface area contributed by atoms with Crippen molar-refractivity contribution < 1.29 is 9.18 Å². The number of anilines is 1. The molecule has 1 atom stereocenters. The number of halogens is 2. The number of hydrogen-bond donors (Lipinski definition) is 1. The van der Waals surface area contributed by atoms with Gasteiger partial charge in [0.05, 0.1) is 5.69 Å². The van der Waals surface area contributed by atoms with Crippen LogP contribution in [0.4, 0.5) is 14.9 Å². The van der Waals surface area contributed by atoms with Crippen LogP contribution in [-0.4, -0.2) is 23.2 Å². The van der Waals surface area contributed by atoms with Crippen molar-refractivity contribution in [3.05, 3.63) is 64.4 Å². The van der Waals surface area contributed by atoms with E-state index in [-0.39, 0.29) is 17.2 Å². The standard InChI is InChI=1S/C16H14BrFN2OS/c17-13-6-1-2-7-14(13)19-16(21)20-8-9-22-15(20)11-4-3-5-12(18)10-11/h1-7,10,15H,8-9H2,(H,19,21). The Labute approximate surface area is 141 Å². The first-order valence-electron chi connectivity index (χ1n) is 6.84. The van der Waals surface area contributed by atoms with Crippen LogP contribution in [0.5, 0.6) is 0 Å². The number of rotatable bonds is 2. The van der Waals surface area contributed by atoms with Crippen LogP contribution in [0.1, 0.15) is 10.9 Å². The minimum Gasteiger partial charge on any atom is -0.308 e. The lowest BCUT2D eigenvalue weighted by Gasteiger charge is -2.24. The highest BCUT2D eigenvalue weighted by molar-refractivity contribution is 9.10. The smallest absolute Gasteiger partial charge is 0.308 e. The number of hydrogen-bond acceptors (Lipinski definition) is 2. The maximum absolute atomic E-state index is 13.4. The van der Waals surface area contributed by atoms with Gasteiger partial charge in [0, 0.05) is 16.8 Å². The Morgan fingerprint density at radius 1 is 1.27 bits per heavy atom. The van der Waals surface area contributed by atoms with Crippen molar-refractivity contribution in [3.8, 4) is 0 Å². The molecule has 0 saturated carbocycles. The van der Waals surface area contributed by atoms with Gasteiger partial charge in [-0.1, -0.05) is 24.3 Å². The van der Waals surface area contributed by atoms with Crippen molar-refractivity contribution in [2.24, 2.45) is 0 Å². The molecule has 1 saturated heterocycles. The summed E-state index contributed by atoms with van der Waals surface area (Å²) in [6, 6.07) is 13.7. The molecule has 0 bridgehead atoms. The van der Waals surface area contributed by atoms with Crippen LogP contribution in [0.25, 0.3) is 0 Å². The lowest BCUT2D eigenvalue weighted by atomic mass is 10.2. The highest BCUT2D eigenvalue weighted by Crippen LogP contribution is 2.38. The third-order valence-corrected chi connectivity index (χ3v) is 5.35. The van der Waals surface area contributed by atoms with Crippen molar-refractivity contribution in [3.63, 3.8) is 0 Å². The highest BCUT2D eigenvalue weighted by Gasteiger charge is 2.31. The van der Waals surface area contributed by atoms with Crippen LogP contribution >= 0.6 is 27.7 Å². The summed E-state index contributed by atoms with van der Waals surface area (Å²) in [6.45, 7) is 0.641. The number of para-hydroxylation sites is 1. The topological polar surface area (TPSA) is 32.3 Å². The number of thioether (sulfide) groups is 1. The van der Waals surface area contributed by atoms with Crippen molar-refractivity contribution >= 4 is 39.4 Å². The number of benzene rings is 2. The van der Waals surface area contributed by atoms with E-state index in [0.29, 0.717) is 6.54 Å². The zero-order valence-corrected chi connectivity index (χ0v) is 14.0. The molecular formula is C16H14BrFN2OS. The molecule has 2 aromatic rings. The van der Waals surface area contributed by atoms with Gasteiger partial charge in [-0.05, 0) is 45.8 Å². The van der Waals surface area contributed by atoms with Gasteiger partial charge in [-0.15, -0.1) is 11.8 Å². The average Bonchev–Trinajstić information content (AvgIpc) is 2.99. The SMILES string of the molecule is O=C(Nc1ccccc1Br)N1CCSC1c1cccc(F)c1. The molecule has 1 N–H and O–H groups in total. The van der Waals surface area contributed by atoms with Gasteiger partial charge >= 0.3 is 6.03 Å². The van der Waals surface area contributed by atoms with Gasteiger partial charge < -0.3 is 10.2 Å². The monoisotopic (exact) mass is 380 g/mol. The summed E-state index contributed by atoms with van der Waals surface area (Å²) in [7, 11) is 0. The predicted molar refractivity (Wildman–Crippen MR) is 91.5 cm³/mol. The van der Waals surface area contributed by atoms with E-state index in [4.69, 9.17) is 0 Å². The Morgan fingerprint density at radius 2 is 2.09 bits per heavy atom.